The highest BCUT2D eigenvalue weighted by atomic mass is 79.9. The van der Waals surface area contributed by atoms with Crippen LogP contribution in [0.15, 0.2) is 15.3 Å². The first kappa shape index (κ1) is 7.81. The molecule has 0 aromatic carbocycles. The molecule has 10 heavy (non-hydrogen) atoms. The van der Waals surface area contributed by atoms with Gasteiger partial charge in [0.25, 0.3) is 0 Å². The quantitative estimate of drug-likeness (QED) is 0.704. The van der Waals surface area contributed by atoms with Crippen molar-refractivity contribution in [2.24, 2.45) is 0 Å². The van der Waals surface area contributed by atoms with Crippen LogP contribution in [0.25, 0.3) is 0 Å². The van der Waals surface area contributed by atoms with E-state index in [4.69, 9.17) is 11.5 Å². The lowest BCUT2D eigenvalue weighted by Crippen LogP contribution is -1.97. The zero-order chi connectivity index (χ0) is 7.72. The molecule has 0 saturated heterocycles. The van der Waals surface area contributed by atoms with Crippen molar-refractivity contribution in [1.29, 1.82) is 0 Å². The van der Waals surface area contributed by atoms with Crippen molar-refractivity contribution in [2.75, 3.05) is 11.5 Å². The minimum atomic E-state index is 0.467. The van der Waals surface area contributed by atoms with E-state index in [1.54, 1.807) is 6.20 Å². The molecule has 0 bridgehead atoms. The molecular weight excluding hydrogens is 262 g/mol. The number of halogens is 2. The van der Waals surface area contributed by atoms with Gasteiger partial charge in [-0.25, -0.2) is 4.98 Å². The van der Waals surface area contributed by atoms with Crippen LogP contribution >= 0.6 is 31.9 Å². The highest BCUT2D eigenvalue weighted by Crippen LogP contribution is 2.29. The molecule has 0 spiro atoms. The van der Waals surface area contributed by atoms with E-state index in [1.807, 2.05) is 0 Å². The second kappa shape index (κ2) is 2.75. The number of hydrogen-bond donors (Lipinski definition) is 2. The molecule has 4 N–H and O–H groups in total. The highest BCUT2D eigenvalue weighted by Gasteiger charge is 2.03. The maximum absolute atomic E-state index is 5.54. The topological polar surface area (TPSA) is 64.9 Å². The molecule has 1 aromatic heterocycles. The Morgan fingerprint density at radius 2 is 1.80 bits per heavy atom. The first-order valence-electron chi connectivity index (χ1n) is 2.48. The predicted molar refractivity (Wildman–Crippen MR) is 48.5 cm³/mol. The van der Waals surface area contributed by atoms with E-state index in [2.05, 4.69) is 36.8 Å². The van der Waals surface area contributed by atoms with Crippen LogP contribution in [0.3, 0.4) is 0 Å². The summed E-state index contributed by atoms with van der Waals surface area (Å²) < 4.78 is 1.29. The lowest BCUT2D eigenvalue weighted by Gasteiger charge is -2.02. The minimum Gasteiger partial charge on any atom is -0.396 e. The fourth-order valence-corrected chi connectivity index (χ4v) is 1.12. The summed E-state index contributed by atoms with van der Waals surface area (Å²) in [5.41, 5.74) is 12.0. The van der Waals surface area contributed by atoms with E-state index in [1.165, 1.54) is 0 Å². The van der Waals surface area contributed by atoms with Gasteiger partial charge in [0.2, 0.25) is 0 Å². The van der Waals surface area contributed by atoms with Gasteiger partial charge in [0.15, 0.2) is 0 Å². The van der Waals surface area contributed by atoms with Gasteiger partial charge in [-0.15, -0.1) is 0 Å². The Morgan fingerprint density at radius 3 is 2.30 bits per heavy atom. The zero-order valence-corrected chi connectivity index (χ0v) is 8.11. The summed E-state index contributed by atoms with van der Waals surface area (Å²) in [5, 5.41) is 0. The Bertz CT molecular complexity index is 234. The second-order valence-corrected chi connectivity index (χ2v) is 3.33. The molecule has 0 atom stereocenters. The van der Waals surface area contributed by atoms with Crippen molar-refractivity contribution < 1.29 is 0 Å². The molecule has 0 radical (unpaired) electrons. The molecule has 1 heterocycles. The number of nitrogens with two attached hydrogens (primary N) is 2. The molecule has 0 unspecified atom stereocenters. The number of nitrogens with zero attached hydrogens (tertiary/aromatic N) is 1. The van der Waals surface area contributed by atoms with Gasteiger partial charge in [0.05, 0.1) is 15.8 Å². The van der Waals surface area contributed by atoms with Gasteiger partial charge in [-0.05, 0) is 31.9 Å². The molecule has 5 heteroatoms. The Balaban J connectivity index is 3.34. The highest BCUT2D eigenvalue weighted by molar-refractivity contribution is 9.11. The van der Waals surface area contributed by atoms with E-state index in [0.717, 1.165) is 0 Å². The van der Waals surface area contributed by atoms with Crippen molar-refractivity contribution in [3.63, 3.8) is 0 Å². The van der Waals surface area contributed by atoms with E-state index < -0.39 is 0 Å². The molecule has 0 aliphatic carbocycles. The third-order valence-electron chi connectivity index (χ3n) is 1.06. The standard InChI is InChI=1S/C5H5Br2N3/c6-2-1-10-5(7)4(9)3(2)8/h1H,9H2,(H2,8,10). The van der Waals surface area contributed by atoms with Gasteiger partial charge in [-0.2, -0.15) is 0 Å². The van der Waals surface area contributed by atoms with Crippen molar-refractivity contribution >= 4 is 43.2 Å². The molecule has 54 valence electrons. The summed E-state index contributed by atoms with van der Waals surface area (Å²) in [5.74, 6) is 0. The Morgan fingerprint density at radius 1 is 1.20 bits per heavy atom. The van der Waals surface area contributed by atoms with Crippen molar-refractivity contribution in [3.05, 3.63) is 15.3 Å². The van der Waals surface area contributed by atoms with E-state index >= 15 is 0 Å². The van der Waals surface area contributed by atoms with E-state index in [9.17, 15) is 0 Å². The molecule has 0 aliphatic rings. The van der Waals surface area contributed by atoms with Crippen LogP contribution in [0.4, 0.5) is 11.4 Å². The van der Waals surface area contributed by atoms with Gasteiger partial charge in [-0.1, -0.05) is 0 Å². The van der Waals surface area contributed by atoms with Crippen LogP contribution < -0.4 is 11.5 Å². The molecule has 3 nitrogen and oxygen atoms in total. The Hall–Kier alpha value is -0.290. The molecule has 1 rings (SSSR count). The summed E-state index contributed by atoms with van der Waals surface area (Å²) in [6.45, 7) is 0. The summed E-state index contributed by atoms with van der Waals surface area (Å²) in [6.07, 6.45) is 1.59. The molecule has 0 aliphatic heterocycles. The summed E-state index contributed by atoms with van der Waals surface area (Å²) in [6, 6.07) is 0. The second-order valence-electron chi connectivity index (χ2n) is 1.72. The molecular formula is C5H5Br2N3. The van der Waals surface area contributed by atoms with Crippen molar-refractivity contribution in [3.8, 4) is 0 Å². The number of nitrogen functional groups attached to an aromatic ring is 2. The predicted octanol–water partition coefficient (Wildman–Crippen LogP) is 1.77. The maximum atomic E-state index is 5.54. The average Bonchev–Trinajstić information content (AvgIpc) is 1.93. The molecule has 0 amide bonds. The van der Waals surface area contributed by atoms with Gasteiger partial charge < -0.3 is 11.5 Å². The lowest BCUT2D eigenvalue weighted by molar-refractivity contribution is 1.27. The van der Waals surface area contributed by atoms with Crippen LogP contribution in [0.5, 0.6) is 0 Å². The molecule has 0 fully saturated rings. The smallest absolute Gasteiger partial charge is 0.131 e. The third-order valence-corrected chi connectivity index (χ3v) is 2.32. The van der Waals surface area contributed by atoms with E-state index in [0.29, 0.717) is 20.5 Å². The third kappa shape index (κ3) is 1.24. The lowest BCUT2D eigenvalue weighted by atomic mass is 10.4. The molecule has 1 aromatic rings. The van der Waals surface area contributed by atoms with Crippen LogP contribution in [-0.2, 0) is 0 Å². The normalized spacial score (nSPS) is 9.80. The summed E-state index contributed by atoms with van der Waals surface area (Å²) in [4.78, 5) is 3.90. The summed E-state index contributed by atoms with van der Waals surface area (Å²) in [7, 11) is 0. The monoisotopic (exact) mass is 265 g/mol. The Labute approximate surface area is 75.1 Å². The fourth-order valence-electron chi connectivity index (χ4n) is 0.492. The van der Waals surface area contributed by atoms with Gasteiger partial charge >= 0.3 is 0 Å². The SMILES string of the molecule is Nc1c(Br)cnc(Br)c1N. The summed E-state index contributed by atoms with van der Waals surface area (Å²) >= 11 is 6.34. The maximum Gasteiger partial charge on any atom is 0.131 e. The van der Waals surface area contributed by atoms with E-state index in [-0.39, 0.29) is 0 Å². The number of hydrogen-bond acceptors (Lipinski definition) is 3. The van der Waals surface area contributed by atoms with Crippen LogP contribution in [0.2, 0.25) is 0 Å². The number of anilines is 2. The van der Waals surface area contributed by atoms with Crippen LogP contribution in [-0.4, -0.2) is 4.98 Å². The first-order valence-corrected chi connectivity index (χ1v) is 4.06. The molecule has 0 saturated carbocycles. The van der Waals surface area contributed by atoms with Crippen molar-refractivity contribution in [1.82, 2.24) is 4.98 Å². The Kier molecular flexibility index (Phi) is 2.15. The van der Waals surface area contributed by atoms with Crippen LogP contribution in [0, 0.1) is 0 Å². The average molecular weight is 267 g/mol. The number of pyridine rings is 1. The van der Waals surface area contributed by atoms with Gasteiger partial charge in [-0.3, -0.25) is 0 Å². The van der Waals surface area contributed by atoms with Gasteiger partial charge in [0.1, 0.15) is 4.60 Å². The zero-order valence-electron chi connectivity index (χ0n) is 4.94. The van der Waals surface area contributed by atoms with Gasteiger partial charge in [0, 0.05) is 6.20 Å². The largest absolute Gasteiger partial charge is 0.396 e. The fraction of sp³-hybridized carbons (Fsp3) is 0. The number of rotatable bonds is 0. The van der Waals surface area contributed by atoms with Crippen LogP contribution in [0.1, 0.15) is 0 Å². The first-order chi connectivity index (χ1) is 4.63. The van der Waals surface area contributed by atoms with Crippen molar-refractivity contribution in [2.45, 2.75) is 0 Å². The minimum absolute atomic E-state index is 0.467. The number of aromatic nitrogens is 1.